The topological polar surface area (TPSA) is 63.4 Å². The molecule has 0 spiro atoms. The van der Waals surface area contributed by atoms with E-state index >= 15 is 0 Å². The third kappa shape index (κ3) is 4.27. The van der Waals surface area contributed by atoms with Gasteiger partial charge in [0, 0.05) is 35.7 Å². The maximum absolute atomic E-state index is 12.5. The second-order valence-corrected chi connectivity index (χ2v) is 6.16. The Balaban J connectivity index is 1.64. The van der Waals surface area contributed by atoms with Crippen LogP contribution in [0.2, 0.25) is 0 Å². The van der Waals surface area contributed by atoms with Gasteiger partial charge in [0.05, 0.1) is 0 Å². The standard InChI is InChI=1S/C21H20N2O2/c22-20(24)18-12-14-23(15-13-18)21(25)19-10-8-17(9-11-19)7-6-16-4-2-1-3-5-16/h1-5,8-11,18H,12-15H2,(H2,22,24). The predicted molar refractivity (Wildman–Crippen MR) is 96.7 cm³/mol. The summed E-state index contributed by atoms with van der Waals surface area (Å²) in [5.74, 6) is 5.81. The van der Waals surface area contributed by atoms with Crippen LogP contribution in [0.25, 0.3) is 0 Å². The number of hydrogen-bond acceptors (Lipinski definition) is 2. The Morgan fingerprint density at radius 2 is 1.44 bits per heavy atom. The molecule has 2 amide bonds. The van der Waals surface area contributed by atoms with Crippen LogP contribution in [-0.4, -0.2) is 29.8 Å². The molecule has 25 heavy (non-hydrogen) atoms. The van der Waals surface area contributed by atoms with Gasteiger partial charge in [-0.25, -0.2) is 0 Å². The van der Waals surface area contributed by atoms with Gasteiger partial charge in [0.2, 0.25) is 5.91 Å². The van der Waals surface area contributed by atoms with E-state index < -0.39 is 0 Å². The number of carbonyl (C=O) groups is 2. The summed E-state index contributed by atoms with van der Waals surface area (Å²) in [5, 5.41) is 0. The molecule has 0 aromatic heterocycles. The van der Waals surface area contributed by atoms with Crippen molar-refractivity contribution in [3.63, 3.8) is 0 Å². The maximum Gasteiger partial charge on any atom is 0.253 e. The summed E-state index contributed by atoms with van der Waals surface area (Å²) in [7, 11) is 0. The number of likely N-dealkylation sites (tertiary alicyclic amines) is 1. The summed E-state index contributed by atoms with van der Waals surface area (Å²) in [4.78, 5) is 25.5. The van der Waals surface area contributed by atoms with E-state index in [9.17, 15) is 9.59 Å². The van der Waals surface area contributed by atoms with Crippen LogP contribution in [0.15, 0.2) is 54.6 Å². The maximum atomic E-state index is 12.5. The van der Waals surface area contributed by atoms with Gasteiger partial charge in [-0.15, -0.1) is 0 Å². The molecule has 126 valence electrons. The van der Waals surface area contributed by atoms with Gasteiger partial charge in [0.15, 0.2) is 0 Å². The SMILES string of the molecule is NC(=O)C1CCN(C(=O)c2ccc(C#Cc3ccccc3)cc2)CC1. The molecule has 3 rings (SSSR count). The molecular formula is C21H20N2O2. The molecular weight excluding hydrogens is 312 g/mol. The van der Waals surface area contributed by atoms with Crippen molar-refractivity contribution in [1.82, 2.24) is 4.90 Å². The third-order valence-electron chi connectivity index (χ3n) is 4.44. The highest BCUT2D eigenvalue weighted by molar-refractivity contribution is 5.94. The summed E-state index contributed by atoms with van der Waals surface area (Å²) in [6.45, 7) is 1.14. The highest BCUT2D eigenvalue weighted by Gasteiger charge is 2.26. The van der Waals surface area contributed by atoms with Crippen molar-refractivity contribution in [2.75, 3.05) is 13.1 Å². The number of carbonyl (C=O) groups excluding carboxylic acids is 2. The number of rotatable bonds is 2. The number of nitrogens with two attached hydrogens (primary N) is 1. The summed E-state index contributed by atoms with van der Waals surface area (Å²) in [5.41, 5.74) is 7.80. The lowest BCUT2D eigenvalue weighted by atomic mass is 9.96. The lowest BCUT2D eigenvalue weighted by Gasteiger charge is -2.30. The van der Waals surface area contributed by atoms with Crippen molar-refractivity contribution in [1.29, 1.82) is 0 Å². The zero-order valence-corrected chi connectivity index (χ0v) is 13.9. The molecule has 2 aromatic rings. The van der Waals surface area contributed by atoms with Crippen molar-refractivity contribution in [3.8, 4) is 11.8 Å². The van der Waals surface area contributed by atoms with Crippen LogP contribution in [0.1, 0.15) is 34.3 Å². The third-order valence-corrected chi connectivity index (χ3v) is 4.44. The van der Waals surface area contributed by atoms with Gasteiger partial charge in [0.1, 0.15) is 0 Å². The smallest absolute Gasteiger partial charge is 0.253 e. The zero-order chi connectivity index (χ0) is 17.6. The van der Waals surface area contributed by atoms with Gasteiger partial charge in [-0.2, -0.15) is 0 Å². The van der Waals surface area contributed by atoms with E-state index in [4.69, 9.17) is 5.73 Å². The summed E-state index contributed by atoms with van der Waals surface area (Å²) < 4.78 is 0. The van der Waals surface area contributed by atoms with Crippen molar-refractivity contribution in [3.05, 3.63) is 71.3 Å². The molecule has 0 unspecified atom stereocenters. The summed E-state index contributed by atoms with van der Waals surface area (Å²) >= 11 is 0. The number of benzene rings is 2. The molecule has 0 radical (unpaired) electrons. The Bertz CT molecular complexity index is 808. The minimum Gasteiger partial charge on any atom is -0.369 e. The van der Waals surface area contributed by atoms with E-state index in [0.717, 1.165) is 11.1 Å². The normalized spacial score (nSPS) is 14.5. The highest BCUT2D eigenvalue weighted by atomic mass is 16.2. The van der Waals surface area contributed by atoms with Crippen molar-refractivity contribution in [2.45, 2.75) is 12.8 Å². The van der Waals surface area contributed by atoms with Gasteiger partial charge in [0.25, 0.3) is 5.91 Å². The highest BCUT2D eigenvalue weighted by Crippen LogP contribution is 2.19. The molecule has 2 N–H and O–H groups in total. The minimum atomic E-state index is -0.270. The molecule has 4 nitrogen and oxygen atoms in total. The van der Waals surface area contributed by atoms with E-state index in [1.807, 2.05) is 42.5 Å². The first-order valence-electron chi connectivity index (χ1n) is 8.39. The first kappa shape index (κ1) is 16.8. The molecule has 0 aliphatic carbocycles. The molecule has 2 aromatic carbocycles. The van der Waals surface area contributed by atoms with Crippen LogP contribution >= 0.6 is 0 Å². The Hall–Kier alpha value is -3.06. The van der Waals surface area contributed by atoms with Crippen LogP contribution < -0.4 is 5.73 Å². The molecule has 1 aliphatic heterocycles. The molecule has 1 heterocycles. The first-order chi connectivity index (χ1) is 12.1. The fraction of sp³-hybridized carbons (Fsp3) is 0.238. The largest absolute Gasteiger partial charge is 0.369 e. The Labute approximate surface area is 147 Å². The van der Waals surface area contributed by atoms with E-state index in [2.05, 4.69) is 11.8 Å². The lowest BCUT2D eigenvalue weighted by molar-refractivity contribution is -0.123. The average molecular weight is 332 g/mol. The van der Waals surface area contributed by atoms with Crippen molar-refractivity contribution in [2.24, 2.45) is 11.7 Å². The minimum absolute atomic E-state index is 0.00881. The van der Waals surface area contributed by atoms with Crippen molar-refractivity contribution < 1.29 is 9.59 Å². The fourth-order valence-electron chi connectivity index (χ4n) is 2.91. The average Bonchev–Trinajstić information content (AvgIpc) is 2.67. The Morgan fingerprint density at radius 3 is 2.00 bits per heavy atom. The van der Waals surface area contributed by atoms with E-state index in [-0.39, 0.29) is 17.7 Å². The lowest BCUT2D eigenvalue weighted by Crippen LogP contribution is -2.41. The number of primary amides is 1. The Kier molecular flexibility index (Phi) is 5.15. The first-order valence-corrected chi connectivity index (χ1v) is 8.39. The fourth-order valence-corrected chi connectivity index (χ4v) is 2.91. The number of hydrogen-bond donors (Lipinski definition) is 1. The van der Waals surface area contributed by atoms with Gasteiger partial charge in [-0.1, -0.05) is 30.0 Å². The number of nitrogens with zero attached hydrogens (tertiary/aromatic N) is 1. The molecule has 4 heteroatoms. The van der Waals surface area contributed by atoms with E-state index in [1.165, 1.54) is 0 Å². The quantitative estimate of drug-likeness (QED) is 0.859. The van der Waals surface area contributed by atoms with Crippen LogP contribution in [0.4, 0.5) is 0 Å². The van der Waals surface area contributed by atoms with Crippen LogP contribution in [0.5, 0.6) is 0 Å². The van der Waals surface area contributed by atoms with Gasteiger partial charge in [-0.05, 0) is 49.2 Å². The van der Waals surface area contributed by atoms with Crippen molar-refractivity contribution >= 4 is 11.8 Å². The van der Waals surface area contributed by atoms with Gasteiger partial charge >= 0.3 is 0 Å². The summed E-state index contributed by atoms with van der Waals surface area (Å²) in [6, 6.07) is 17.1. The Morgan fingerprint density at radius 1 is 0.880 bits per heavy atom. The van der Waals surface area contributed by atoms with Gasteiger partial charge < -0.3 is 10.6 Å². The van der Waals surface area contributed by atoms with E-state index in [1.54, 1.807) is 17.0 Å². The van der Waals surface area contributed by atoms with Crippen LogP contribution in [0, 0.1) is 17.8 Å². The molecule has 0 atom stereocenters. The number of amides is 2. The molecule has 1 fully saturated rings. The second kappa shape index (κ2) is 7.67. The molecule has 0 bridgehead atoms. The predicted octanol–water partition coefficient (Wildman–Crippen LogP) is 2.42. The number of piperidine rings is 1. The zero-order valence-electron chi connectivity index (χ0n) is 13.9. The molecule has 1 aliphatic rings. The molecule has 1 saturated heterocycles. The van der Waals surface area contributed by atoms with Gasteiger partial charge in [-0.3, -0.25) is 9.59 Å². The van der Waals surface area contributed by atoms with E-state index in [0.29, 0.717) is 31.5 Å². The second-order valence-electron chi connectivity index (χ2n) is 6.16. The van der Waals surface area contributed by atoms with Crippen LogP contribution in [-0.2, 0) is 4.79 Å². The monoisotopic (exact) mass is 332 g/mol. The molecule has 0 saturated carbocycles. The summed E-state index contributed by atoms with van der Waals surface area (Å²) in [6.07, 6.45) is 1.28. The van der Waals surface area contributed by atoms with Crippen LogP contribution in [0.3, 0.4) is 0 Å².